The van der Waals surface area contributed by atoms with Crippen LogP contribution in [0.4, 0.5) is 5.00 Å². The van der Waals surface area contributed by atoms with Crippen LogP contribution in [0.5, 0.6) is 0 Å². The van der Waals surface area contributed by atoms with Gasteiger partial charge in [-0.1, -0.05) is 13.3 Å². The van der Waals surface area contributed by atoms with Crippen molar-refractivity contribution >= 4 is 16.3 Å². The van der Waals surface area contributed by atoms with Crippen LogP contribution in [0.2, 0.25) is 0 Å². The number of anilines is 1. The molecule has 1 rings (SSSR count). The lowest BCUT2D eigenvalue weighted by Crippen LogP contribution is -1.87. The van der Waals surface area contributed by atoms with Gasteiger partial charge in [-0.05, 0) is 29.9 Å². The molecule has 0 amide bonds. The van der Waals surface area contributed by atoms with E-state index < -0.39 is 0 Å². The third-order valence-corrected chi connectivity index (χ3v) is 2.37. The number of thiophene rings is 1. The lowest BCUT2D eigenvalue weighted by atomic mass is 10.1. The molecule has 0 fully saturated rings. The number of aryl methyl sites for hydroxylation is 1. The van der Waals surface area contributed by atoms with Gasteiger partial charge in [0.2, 0.25) is 0 Å². The molecule has 1 aromatic rings. The van der Waals surface area contributed by atoms with Crippen LogP contribution < -0.4 is 5.73 Å². The number of hydrogen-bond acceptors (Lipinski definition) is 2. The van der Waals surface area contributed by atoms with E-state index >= 15 is 0 Å². The van der Waals surface area contributed by atoms with Gasteiger partial charge in [-0.25, -0.2) is 0 Å². The van der Waals surface area contributed by atoms with Gasteiger partial charge in [0.05, 0.1) is 5.00 Å². The summed E-state index contributed by atoms with van der Waals surface area (Å²) in [6, 6.07) is 2.12. The van der Waals surface area contributed by atoms with Crippen LogP contribution in [0.15, 0.2) is 11.4 Å². The van der Waals surface area contributed by atoms with E-state index in [1.165, 1.54) is 18.4 Å². The molecule has 2 heteroatoms. The highest BCUT2D eigenvalue weighted by atomic mass is 32.1. The van der Waals surface area contributed by atoms with Crippen molar-refractivity contribution in [3.63, 3.8) is 0 Å². The van der Waals surface area contributed by atoms with E-state index in [2.05, 4.69) is 18.4 Å². The van der Waals surface area contributed by atoms with E-state index in [4.69, 9.17) is 5.73 Å². The zero-order valence-corrected chi connectivity index (χ0v) is 7.08. The fourth-order valence-corrected chi connectivity index (χ4v) is 1.62. The first-order valence-corrected chi connectivity index (χ1v) is 4.54. The topological polar surface area (TPSA) is 26.0 Å². The summed E-state index contributed by atoms with van der Waals surface area (Å²) in [5, 5.41) is 3.05. The highest BCUT2D eigenvalue weighted by molar-refractivity contribution is 7.14. The number of hydrogen-bond donors (Lipinski definition) is 1. The molecule has 1 heterocycles. The molecule has 0 saturated heterocycles. The van der Waals surface area contributed by atoms with Crippen molar-refractivity contribution in [1.82, 2.24) is 0 Å². The van der Waals surface area contributed by atoms with Gasteiger partial charge in [0.1, 0.15) is 0 Å². The quantitative estimate of drug-likeness (QED) is 0.713. The fraction of sp³-hybridized carbons (Fsp3) is 0.500. The van der Waals surface area contributed by atoms with Crippen LogP contribution in [-0.4, -0.2) is 0 Å². The summed E-state index contributed by atoms with van der Waals surface area (Å²) >= 11 is 1.63. The Morgan fingerprint density at radius 3 is 2.90 bits per heavy atom. The van der Waals surface area contributed by atoms with Crippen molar-refractivity contribution in [2.75, 3.05) is 5.73 Å². The van der Waals surface area contributed by atoms with E-state index in [9.17, 15) is 0 Å². The average Bonchev–Trinajstić information content (AvgIpc) is 2.31. The lowest BCUT2D eigenvalue weighted by molar-refractivity contribution is 0.798. The van der Waals surface area contributed by atoms with E-state index in [0.717, 1.165) is 11.4 Å². The van der Waals surface area contributed by atoms with Gasteiger partial charge in [0.15, 0.2) is 0 Å². The van der Waals surface area contributed by atoms with Crippen molar-refractivity contribution in [3.8, 4) is 0 Å². The van der Waals surface area contributed by atoms with E-state index in [1.54, 1.807) is 11.3 Å². The summed E-state index contributed by atoms with van der Waals surface area (Å²) in [5.74, 6) is 0. The Morgan fingerprint density at radius 2 is 2.40 bits per heavy atom. The van der Waals surface area contributed by atoms with Crippen molar-refractivity contribution in [2.45, 2.75) is 26.2 Å². The molecule has 1 aromatic heterocycles. The van der Waals surface area contributed by atoms with Crippen molar-refractivity contribution < 1.29 is 0 Å². The molecule has 0 aromatic carbocycles. The highest BCUT2D eigenvalue weighted by Gasteiger charge is 1.97. The first-order valence-electron chi connectivity index (χ1n) is 3.66. The molecule has 0 spiro atoms. The Kier molecular flexibility index (Phi) is 2.75. The third kappa shape index (κ3) is 1.74. The Labute approximate surface area is 65.9 Å². The molecule has 56 valence electrons. The van der Waals surface area contributed by atoms with Gasteiger partial charge in [-0.3, -0.25) is 0 Å². The van der Waals surface area contributed by atoms with Crippen LogP contribution in [-0.2, 0) is 6.42 Å². The Hall–Kier alpha value is -0.500. The minimum atomic E-state index is 0.994. The van der Waals surface area contributed by atoms with Gasteiger partial charge < -0.3 is 5.73 Å². The molecule has 0 radical (unpaired) electrons. The second kappa shape index (κ2) is 3.62. The second-order valence-electron chi connectivity index (χ2n) is 2.41. The molecule has 0 unspecified atom stereocenters. The molecule has 0 bridgehead atoms. The second-order valence-corrected chi connectivity index (χ2v) is 3.36. The molecule has 10 heavy (non-hydrogen) atoms. The molecular formula is C8H13NS. The average molecular weight is 155 g/mol. The number of rotatable bonds is 3. The maximum Gasteiger partial charge on any atom is 0.0888 e. The van der Waals surface area contributed by atoms with Gasteiger partial charge in [0.25, 0.3) is 0 Å². The maximum absolute atomic E-state index is 5.70. The Bertz CT molecular complexity index is 193. The first kappa shape index (κ1) is 7.61. The molecular weight excluding hydrogens is 142 g/mol. The zero-order chi connectivity index (χ0) is 7.40. The molecule has 0 aliphatic heterocycles. The largest absolute Gasteiger partial charge is 0.390 e. The maximum atomic E-state index is 5.70. The van der Waals surface area contributed by atoms with Crippen molar-refractivity contribution in [2.24, 2.45) is 0 Å². The van der Waals surface area contributed by atoms with Crippen LogP contribution in [0.1, 0.15) is 25.3 Å². The molecule has 0 aliphatic rings. The molecule has 0 saturated carbocycles. The van der Waals surface area contributed by atoms with Crippen LogP contribution >= 0.6 is 11.3 Å². The number of nitrogen functional groups attached to an aromatic ring is 1. The fourth-order valence-electron chi connectivity index (χ4n) is 0.921. The van der Waals surface area contributed by atoms with Gasteiger partial charge >= 0.3 is 0 Å². The predicted octanol–water partition coefficient (Wildman–Crippen LogP) is 2.67. The Balaban J connectivity index is 2.49. The number of nitrogens with two attached hydrogens (primary N) is 1. The third-order valence-electron chi connectivity index (χ3n) is 1.58. The molecule has 0 atom stereocenters. The monoisotopic (exact) mass is 155 g/mol. The minimum Gasteiger partial charge on any atom is -0.390 e. The summed E-state index contributed by atoms with van der Waals surface area (Å²) in [7, 11) is 0. The van der Waals surface area contributed by atoms with Gasteiger partial charge in [0, 0.05) is 0 Å². The van der Waals surface area contributed by atoms with Gasteiger partial charge in [-0.15, -0.1) is 11.3 Å². The molecule has 2 N–H and O–H groups in total. The summed E-state index contributed by atoms with van der Waals surface area (Å²) in [6.45, 7) is 2.20. The normalized spacial score (nSPS) is 10.1. The SMILES string of the molecule is CCCCc1ccsc1N. The van der Waals surface area contributed by atoms with E-state index in [1.807, 2.05) is 0 Å². The predicted molar refractivity (Wildman–Crippen MR) is 47.3 cm³/mol. The highest BCUT2D eigenvalue weighted by Crippen LogP contribution is 2.20. The summed E-state index contributed by atoms with van der Waals surface area (Å²) in [4.78, 5) is 0. The smallest absolute Gasteiger partial charge is 0.0888 e. The molecule has 1 nitrogen and oxygen atoms in total. The summed E-state index contributed by atoms with van der Waals surface area (Å²) in [6.07, 6.45) is 3.64. The Morgan fingerprint density at radius 1 is 1.60 bits per heavy atom. The van der Waals surface area contributed by atoms with E-state index in [-0.39, 0.29) is 0 Å². The summed E-state index contributed by atoms with van der Waals surface area (Å²) in [5.41, 5.74) is 7.03. The van der Waals surface area contributed by atoms with Crippen LogP contribution in [0, 0.1) is 0 Å². The molecule has 0 aliphatic carbocycles. The summed E-state index contributed by atoms with van der Waals surface area (Å²) < 4.78 is 0. The lowest BCUT2D eigenvalue weighted by Gasteiger charge is -1.95. The minimum absolute atomic E-state index is 0.994. The van der Waals surface area contributed by atoms with Crippen LogP contribution in [0.3, 0.4) is 0 Å². The van der Waals surface area contributed by atoms with Crippen molar-refractivity contribution in [3.05, 3.63) is 17.0 Å². The van der Waals surface area contributed by atoms with Gasteiger partial charge in [-0.2, -0.15) is 0 Å². The zero-order valence-electron chi connectivity index (χ0n) is 6.26. The first-order chi connectivity index (χ1) is 4.84. The van der Waals surface area contributed by atoms with Crippen molar-refractivity contribution in [1.29, 1.82) is 0 Å². The number of unbranched alkanes of at least 4 members (excludes halogenated alkanes) is 1. The van der Waals surface area contributed by atoms with E-state index in [0.29, 0.717) is 0 Å². The standard InChI is InChI=1S/C8H13NS/c1-2-3-4-7-5-6-10-8(7)9/h5-6H,2-4,9H2,1H3. The van der Waals surface area contributed by atoms with Crippen LogP contribution in [0.25, 0.3) is 0 Å².